The average molecular weight is 674 g/mol. The van der Waals surface area contributed by atoms with Crippen LogP contribution in [0.3, 0.4) is 0 Å². The number of hydrogen-bond donors (Lipinski definition) is 4. The molecule has 250 valence electrons. The summed E-state index contributed by atoms with van der Waals surface area (Å²) in [5, 5.41) is 38.4. The largest absolute Gasteiger partial charge is 0.507 e. The van der Waals surface area contributed by atoms with Gasteiger partial charge in [0.15, 0.2) is 0 Å². The Bertz CT molecular complexity index is 2600. The van der Waals surface area contributed by atoms with E-state index < -0.39 is 0 Å². The van der Waals surface area contributed by atoms with Gasteiger partial charge in [-0.1, -0.05) is 127 Å². The van der Waals surface area contributed by atoms with Crippen LogP contribution in [-0.4, -0.2) is 15.2 Å². The van der Waals surface area contributed by atoms with E-state index in [1.165, 1.54) is 0 Å². The summed E-state index contributed by atoms with van der Waals surface area (Å²) in [6.07, 6.45) is 0. The van der Waals surface area contributed by atoms with Crippen LogP contribution in [-0.2, 0) is 13.1 Å². The Labute approximate surface area is 301 Å². The summed E-state index contributed by atoms with van der Waals surface area (Å²) in [6, 6.07) is 54.9. The predicted molar refractivity (Wildman–Crippen MR) is 216 cm³/mol. The lowest BCUT2D eigenvalue weighted by Crippen LogP contribution is -2.07. The number of aromatic hydroxyl groups is 2. The highest BCUT2D eigenvalue weighted by molar-refractivity contribution is 6.13. The molecule has 0 aliphatic rings. The van der Waals surface area contributed by atoms with Crippen LogP contribution < -0.4 is 10.6 Å². The Morgan fingerprint density at radius 2 is 0.692 bits per heavy atom. The van der Waals surface area contributed by atoms with E-state index in [4.69, 9.17) is 4.98 Å². The van der Waals surface area contributed by atoms with E-state index in [-0.39, 0.29) is 11.5 Å². The zero-order valence-corrected chi connectivity index (χ0v) is 28.3. The molecule has 1 aromatic heterocycles. The van der Waals surface area contributed by atoms with Crippen molar-refractivity contribution in [1.82, 2.24) is 4.98 Å². The van der Waals surface area contributed by atoms with Gasteiger partial charge in [0.25, 0.3) is 0 Å². The Hall–Kier alpha value is -6.85. The second-order valence-electron chi connectivity index (χ2n) is 13.1. The highest BCUT2D eigenvalue weighted by atomic mass is 16.3. The summed E-state index contributed by atoms with van der Waals surface area (Å²) in [6.45, 7) is 0.992. The van der Waals surface area contributed by atoms with Crippen molar-refractivity contribution in [2.75, 3.05) is 10.6 Å². The number of rotatable bonds is 8. The van der Waals surface area contributed by atoms with Crippen molar-refractivity contribution >= 4 is 54.5 Å². The minimum atomic E-state index is 0.245. The molecule has 9 aromatic rings. The number of phenols is 2. The first-order chi connectivity index (χ1) is 25.6. The lowest BCUT2D eigenvalue weighted by Gasteiger charge is -2.19. The summed E-state index contributed by atoms with van der Waals surface area (Å²) in [5.41, 5.74) is 7.18. The molecule has 0 radical (unpaired) electrons. The van der Waals surface area contributed by atoms with E-state index in [0.29, 0.717) is 13.1 Å². The Morgan fingerprint density at radius 3 is 1.10 bits per heavy atom. The molecule has 0 unspecified atom stereocenters. The molecule has 4 N–H and O–H groups in total. The maximum Gasteiger partial charge on any atom is 0.124 e. The average Bonchev–Trinajstić information content (AvgIpc) is 3.19. The lowest BCUT2D eigenvalue weighted by molar-refractivity contribution is 0.477. The van der Waals surface area contributed by atoms with Crippen LogP contribution in [0.25, 0.3) is 65.3 Å². The summed E-state index contributed by atoms with van der Waals surface area (Å²) in [5.74, 6) is 0.489. The highest BCUT2D eigenvalue weighted by Crippen LogP contribution is 2.45. The van der Waals surface area contributed by atoms with Crippen LogP contribution in [0.15, 0.2) is 164 Å². The van der Waals surface area contributed by atoms with Crippen molar-refractivity contribution in [3.05, 3.63) is 175 Å². The number of hydrogen-bond acceptors (Lipinski definition) is 5. The number of aromatic nitrogens is 1. The van der Waals surface area contributed by atoms with Gasteiger partial charge in [0.05, 0.1) is 24.5 Å². The third-order valence-corrected chi connectivity index (χ3v) is 9.96. The van der Waals surface area contributed by atoms with Gasteiger partial charge in [0.1, 0.15) is 11.5 Å². The second kappa shape index (κ2) is 13.1. The third kappa shape index (κ3) is 5.59. The van der Waals surface area contributed by atoms with Crippen molar-refractivity contribution < 1.29 is 10.2 Å². The second-order valence-corrected chi connectivity index (χ2v) is 13.1. The van der Waals surface area contributed by atoms with Gasteiger partial charge in [-0.05, 0) is 79.5 Å². The van der Waals surface area contributed by atoms with Crippen molar-refractivity contribution in [2.24, 2.45) is 0 Å². The molecule has 0 aliphatic carbocycles. The van der Waals surface area contributed by atoms with Crippen LogP contribution in [0, 0.1) is 0 Å². The summed E-state index contributed by atoms with van der Waals surface area (Å²) < 4.78 is 0. The van der Waals surface area contributed by atoms with E-state index in [9.17, 15) is 10.2 Å². The van der Waals surface area contributed by atoms with E-state index >= 15 is 0 Å². The number of phenolic OH excluding ortho intramolecular Hbond substituents is 2. The normalized spacial score (nSPS) is 11.4. The molecule has 0 aliphatic heterocycles. The zero-order chi connectivity index (χ0) is 35.0. The first-order valence-corrected chi connectivity index (χ1v) is 17.5. The Balaban J connectivity index is 1.04. The van der Waals surface area contributed by atoms with Crippen LogP contribution in [0.4, 0.5) is 11.4 Å². The molecule has 5 nitrogen and oxygen atoms in total. The first-order valence-electron chi connectivity index (χ1n) is 17.5. The molecular formula is C47H35N3O2. The van der Waals surface area contributed by atoms with Gasteiger partial charge in [-0.3, -0.25) is 4.98 Å². The van der Waals surface area contributed by atoms with Crippen molar-refractivity contribution in [3.63, 3.8) is 0 Å². The predicted octanol–water partition coefficient (Wildman–Crippen LogP) is 11.7. The van der Waals surface area contributed by atoms with Crippen molar-refractivity contribution in [3.8, 4) is 33.8 Å². The molecular weight excluding hydrogens is 639 g/mol. The van der Waals surface area contributed by atoms with Crippen LogP contribution in [0.5, 0.6) is 11.5 Å². The zero-order valence-electron chi connectivity index (χ0n) is 28.3. The number of pyridine rings is 1. The van der Waals surface area contributed by atoms with Gasteiger partial charge in [-0.25, -0.2) is 0 Å². The maximum absolute atomic E-state index is 11.3. The van der Waals surface area contributed by atoms with Crippen LogP contribution in [0.2, 0.25) is 0 Å². The van der Waals surface area contributed by atoms with E-state index in [2.05, 4.69) is 83.4 Å². The van der Waals surface area contributed by atoms with Gasteiger partial charge < -0.3 is 20.8 Å². The van der Waals surface area contributed by atoms with Gasteiger partial charge in [-0.2, -0.15) is 0 Å². The molecule has 5 heteroatoms. The quantitative estimate of drug-likeness (QED) is 0.129. The molecule has 0 amide bonds. The molecule has 0 saturated carbocycles. The van der Waals surface area contributed by atoms with E-state index in [1.807, 2.05) is 78.9 Å². The standard InChI is InChI=1S/C47H35N3O2/c51-42-26-22-32-12-3-7-18-38(32)46(42)44-36-16-5-1-10-30(36)20-24-40(44)48-28-34-14-9-15-35(50-34)29-49-41-25-21-31-11-2-6-17-37(31)45(41)47-39-19-8-4-13-33(39)23-27-43(47)52/h1-27,48-49,51-52H,28-29H2. The van der Waals surface area contributed by atoms with Gasteiger partial charge in [0.2, 0.25) is 0 Å². The molecule has 0 spiro atoms. The van der Waals surface area contributed by atoms with Crippen molar-refractivity contribution in [1.29, 1.82) is 0 Å². The van der Waals surface area contributed by atoms with Gasteiger partial charge in [-0.15, -0.1) is 0 Å². The number of nitrogens with zero attached hydrogens (tertiary/aromatic N) is 1. The topological polar surface area (TPSA) is 77.4 Å². The molecule has 52 heavy (non-hydrogen) atoms. The Morgan fingerprint density at radius 1 is 0.346 bits per heavy atom. The van der Waals surface area contributed by atoms with E-state index in [0.717, 1.165) is 88.1 Å². The Kier molecular flexibility index (Phi) is 7.86. The van der Waals surface area contributed by atoms with Crippen molar-refractivity contribution in [2.45, 2.75) is 13.1 Å². The van der Waals surface area contributed by atoms with E-state index in [1.54, 1.807) is 12.1 Å². The molecule has 0 fully saturated rings. The van der Waals surface area contributed by atoms with Gasteiger partial charge >= 0.3 is 0 Å². The molecule has 1 heterocycles. The van der Waals surface area contributed by atoms with Gasteiger partial charge in [0, 0.05) is 33.6 Å². The molecule has 9 rings (SSSR count). The maximum atomic E-state index is 11.3. The monoisotopic (exact) mass is 673 g/mol. The fourth-order valence-corrected chi connectivity index (χ4v) is 7.52. The third-order valence-electron chi connectivity index (χ3n) is 9.96. The first kappa shape index (κ1) is 31.2. The molecule has 0 atom stereocenters. The highest BCUT2D eigenvalue weighted by Gasteiger charge is 2.19. The molecule has 8 aromatic carbocycles. The number of nitrogens with one attached hydrogen (secondary N) is 2. The fraction of sp³-hybridized carbons (Fsp3) is 0.0426. The van der Waals surface area contributed by atoms with Crippen LogP contribution >= 0.6 is 0 Å². The summed E-state index contributed by atoms with van der Waals surface area (Å²) in [4.78, 5) is 5.04. The number of anilines is 2. The molecule has 0 bridgehead atoms. The number of fused-ring (bicyclic) bond motifs is 4. The number of benzene rings is 8. The molecule has 0 saturated heterocycles. The SMILES string of the molecule is Oc1ccc2ccccc2c1-c1c(NCc2cccc(CNc3ccc4ccccc4c3-c3c(O)ccc4ccccc34)n2)ccc2ccccc12. The minimum absolute atomic E-state index is 0.245. The lowest BCUT2D eigenvalue weighted by atomic mass is 9.91. The minimum Gasteiger partial charge on any atom is -0.507 e. The fourth-order valence-electron chi connectivity index (χ4n) is 7.52. The summed E-state index contributed by atoms with van der Waals surface area (Å²) in [7, 11) is 0. The smallest absolute Gasteiger partial charge is 0.124 e. The summed E-state index contributed by atoms with van der Waals surface area (Å²) >= 11 is 0. The van der Waals surface area contributed by atoms with Crippen LogP contribution in [0.1, 0.15) is 11.4 Å².